The molecule has 3 heterocycles. The standard InChI is InChI=1S/C23H27N5O2/c1-17-22(18(2)28(26-17)16-19-6-4-3-5-7-19)23(29)25-15-20-8-9-21(24-14-20)27-10-12-30-13-11-27/h3-9,14H,10-13,15-16H2,1-2H3,(H,25,29). The lowest BCUT2D eigenvalue weighted by Crippen LogP contribution is -2.36. The van der Waals surface area contributed by atoms with Crippen molar-refractivity contribution in [2.45, 2.75) is 26.9 Å². The van der Waals surface area contributed by atoms with Crippen molar-refractivity contribution in [3.05, 3.63) is 76.7 Å². The molecule has 7 heteroatoms. The fourth-order valence-electron chi connectivity index (χ4n) is 3.71. The van der Waals surface area contributed by atoms with Gasteiger partial charge < -0.3 is 15.0 Å². The molecule has 2 aromatic heterocycles. The molecule has 0 saturated carbocycles. The van der Waals surface area contributed by atoms with Gasteiger partial charge in [0.1, 0.15) is 5.82 Å². The van der Waals surface area contributed by atoms with Crippen LogP contribution in [0, 0.1) is 13.8 Å². The first-order valence-electron chi connectivity index (χ1n) is 10.3. The fraction of sp³-hybridized carbons (Fsp3) is 0.348. The third-order valence-electron chi connectivity index (χ3n) is 5.38. The molecule has 1 N–H and O–H groups in total. The number of ether oxygens (including phenoxy) is 1. The molecule has 0 bridgehead atoms. The Morgan fingerprint density at radius 2 is 1.83 bits per heavy atom. The van der Waals surface area contributed by atoms with Gasteiger partial charge in [0.15, 0.2) is 0 Å². The predicted octanol–water partition coefficient (Wildman–Crippen LogP) is 2.71. The summed E-state index contributed by atoms with van der Waals surface area (Å²) >= 11 is 0. The first-order valence-corrected chi connectivity index (χ1v) is 10.3. The number of hydrogen-bond donors (Lipinski definition) is 1. The Morgan fingerprint density at radius 1 is 1.07 bits per heavy atom. The van der Waals surface area contributed by atoms with Gasteiger partial charge in [-0.1, -0.05) is 36.4 Å². The van der Waals surface area contributed by atoms with E-state index in [1.54, 1.807) is 0 Å². The minimum Gasteiger partial charge on any atom is -0.378 e. The summed E-state index contributed by atoms with van der Waals surface area (Å²) < 4.78 is 7.27. The summed E-state index contributed by atoms with van der Waals surface area (Å²) in [5, 5.41) is 7.58. The SMILES string of the molecule is Cc1nn(Cc2ccccc2)c(C)c1C(=O)NCc1ccc(N2CCOCC2)nc1. The summed E-state index contributed by atoms with van der Waals surface area (Å²) in [5.41, 5.74) is 4.37. The summed E-state index contributed by atoms with van der Waals surface area (Å²) in [6.07, 6.45) is 1.82. The van der Waals surface area contributed by atoms with Gasteiger partial charge in [0.05, 0.1) is 31.0 Å². The molecule has 1 aliphatic heterocycles. The zero-order valence-corrected chi connectivity index (χ0v) is 17.5. The fourth-order valence-corrected chi connectivity index (χ4v) is 3.71. The number of nitrogens with zero attached hydrogens (tertiary/aromatic N) is 4. The summed E-state index contributed by atoms with van der Waals surface area (Å²) in [7, 11) is 0. The van der Waals surface area contributed by atoms with E-state index in [2.05, 4.69) is 32.4 Å². The normalized spacial score (nSPS) is 14.0. The van der Waals surface area contributed by atoms with Crippen molar-refractivity contribution < 1.29 is 9.53 Å². The molecular formula is C23H27N5O2. The van der Waals surface area contributed by atoms with Crippen LogP contribution in [-0.4, -0.2) is 47.0 Å². The van der Waals surface area contributed by atoms with Gasteiger partial charge in [0, 0.05) is 31.5 Å². The molecule has 0 atom stereocenters. The van der Waals surface area contributed by atoms with Crippen LogP contribution in [0.25, 0.3) is 0 Å². The van der Waals surface area contributed by atoms with E-state index in [9.17, 15) is 4.79 Å². The van der Waals surface area contributed by atoms with Gasteiger partial charge in [-0.2, -0.15) is 5.10 Å². The summed E-state index contributed by atoms with van der Waals surface area (Å²) in [4.78, 5) is 19.6. The van der Waals surface area contributed by atoms with Crippen LogP contribution < -0.4 is 10.2 Å². The molecule has 1 fully saturated rings. The second-order valence-corrected chi connectivity index (χ2v) is 7.50. The van der Waals surface area contributed by atoms with E-state index in [1.807, 2.05) is 55.1 Å². The van der Waals surface area contributed by atoms with E-state index in [4.69, 9.17) is 4.74 Å². The summed E-state index contributed by atoms with van der Waals surface area (Å²) in [5.74, 6) is 0.837. The minimum atomic E-state index is -0.110. The molecule has 156 valence electrons. The quantitative estimate of drug-likeness (QED) is 0.683. The van der Waals surface area contributed by atoms with Crippen molar-refractivity contribution in [3.63, 3.8) is 0 Å². The molecule has 0 spiro atoms. The van der Waals surface area contributed by atoms with Gasteiger partial charge in [-0.3, -0.25) is 9.48 Å². The number of carbonyl (C=O) groups excluding carboxylic acids is 1. The third kappa shape index (κ3) is 4.52. The van der Waals surface area contributed by atoms with E-state index >= 15 is 0 Å². The molecule has 1 saturated heterocycles. The van der Waals surface area contributed by atoms with Gasteiger partial charge in [0.25, 0.3) is 5.91 Å². The van der Waals surface area contributed by atoms with Gasteiger partial charge in [-0.15, -0.1) is 0 Å². The van der Waals surface area contributed by atoms with Crippen molar-refractivity contribution in [1.82, 2.24) is 20.1 Å². The number of nitrogens with one attached hydrogen (secondary N) is 1. The lowest BCUT2D eigenvalue weighted by molar-refractivity contribution is 0.0949. The number of rotatable bonds is 6. The van der Waals surface area contributed by atoms with E-state index in [0.717, 1.165) is 54.6 Å². The van der Waals surface area contributed by atoms with E-state index in [-0.39, 0.29) is 5.91 Å². The van der Waals surface area contributed by atoms with E-state index in [1.165, 1.54) is 0 Å². The Kier molecular flexibility index (Phi) is 6.09. The van der Waals surface area contributed by atoms with Gasteiger partial charge >= 0.3 is 0 Å². The Bertz CT molecular complexity index is 992. The van der Waals surface area contributed by atoms with Crippen molar-refractivity contribution >= 4 is 11.7 Å². The molecule has 1 amide bonds. The molecular weight excluding hydrogens is 378 g/mol. The highest BCUT2D eigenvalue weighted by atomic mass is 16.5. The van der Waals surface area contributed by atoms with Crippen LogP contribution in [0.1, 0.15) is 32.9 Å². The Morgan fingerprint density at radius 3 is 2.53 bits per heavy atom. The number of aryl methyl sites for hydroxylation is 1. The van der Waals surface area contributed by atoms with Crippen LogP contribution in [0.4, 0.5) is 5.82 Å². The van der Waals surface area contributed by atoms with Crippen LogP contribution in [0.5, 0.6) is 0 Å². The topological polar surface area (TPSA) is 72.3 Å². The molecule has 4 rings (SSSR count). The number of aromatic nitrogens is 3. The molecule has 0 unspecified atom stereocenters. The van der Waals surface area contributed by atoms with Gasteiger partial charge in [-0.05, 0) is 31.0 Å². The molecule has 30 heavy (non-hydrogen) atoms. The van der Waals surface area contributed by atoms with Crippen LogP contribution in [0.15, 0.2) is 48.7 Å². The van der Waals surface area contributed by atoms with E-state index < -0.39 is 0 Å². The lowest BCUT2D eigenvalue weighted by Gasteiger charge is -2.27. The highest BCUT2D eigenvalue weighted by Gasteiger charge is 2.19. The number of benzene rings is 1. The van der Waals surface area contributed by atoms with Crippen LogP contribution in [-0.2, 0) is 17.8 Å². The number of pyridine rings is 1. The molecule has 7 nitrogen and oxygen atoms in total. The average Bonchev–Trinajstić information content (AvgIpc) is 3.06. The first kappa shape index (κ1) is 20.1. The second-order valence-electron chi connectivity index (χ2n) is 7.50. The number of amides is 1. The van der Waals surface area contributed by atoms with Gasteiger partial charge in [-0.25, -0.2) is 4.98 Å². The zero-order chi connectivity index (χ0) is 20.9. The van der Waals surface area contributed by atoms with E-state index in [0.29, 0.717) is 18.7 Å². The maximum Gasteiger partial charge on any atom is 0.255 e. The van der Waals surface area contributed by atoms with Crippen LogP contribution in [0.2, 0.25) is 0 Å². The average molecular weight is 406 g/mol. The van der Waals surface area contributed by atoms with Crippen molar-refractivity contribution in [3.8, 4) is 0 Å². The molecule has 0 aliphatic carbocycles. The molecule has 1 aliphatic rings. The minimum absolute atomic E-state index is 0.110. The number of morpholine rings is 1. The molecule has 1 aromatic carbocycles. The first-order chi connectivity index (χ1) is 14.6. The maximum atomic E-state index is 12.8. The predicted molar refractivity (Wildman–Crippen MR) is 116 cm³/mol. The monoisotopic (exact) mass is 405 g/mol. The number of carbonyl (C=O) groups is 1. The Hall–Kier alpha value is -3.19. The van der Waals surface area contributed by atoms with Crippen molar-refractivity contribution in [1.29, 1.82) is 0 Å². The maximum absolute atomic E-state index is 12.8. The zero-order valence-electron chi connectivity index (χ0n) is 17.5. The molecule has 3 aromatic rings. The Balaban J connectivity index is 1.39. The summed E-state index contributed by atoms with van der Waals surface area (Å²) in [6.45, 7) is 8.07. The van der Waals surface area contributed by atoms with Crippen molar-refractivity contribution in [2.75, 3.05) is 31.2 Å². The lowest BCUT2D eigenvalue weighted by atomic mass is 10.1. The molecule has 0 radical (unpaired) electrons. The van der Waals surface area contributed by atoms with Crippen LogP contribution >= 0.6 is 0 Å². The Labute approximate surface area is 176 Å². The van der Waals surface area contributed by atoms with Crippen LogP contribution in [0.3, 0.4) is 0 Å². The highest BCUT2D eigenvalue weighted by molar-refractivity contribution is 5.96. The summed E-state index contributed by atoms with van der Waals surface area (Å²) in [6, 6.07) is 14.1. The van der Waals surface area contributed by atoms with Gasteiger partial charge in [0.2, 0.25) is 0 Å². The largest absolute Gasteiger partial charge is 0.378 e. The van der Waals surface area contributed by atoms with Crippen molar-refractivity contribution in [2.24, 2.45) is 0 Å². The number of anilines is 1. The highest BCUT2D eigenvalue weighted by Crippen LogP contribution is 2.16. The third-order valence-corrected chi connectivity index (χ3v) is 5.38. The number of hydrogen-bond acceptors (Lipinski definition) is 5. The smallest absolute Gasteiger partial charge is 0.255 e. The second kappa shape index (κ2) is 9.09.